The lowest BCUT2D eigenvalue weighted by molar-refractivity contribution is -0.120. The largest absolute Gasteiger partial charge is 0.352 e. The Morgan fingerprint density at radius 2 is 1.96 bits per heavy atom. The first-order valence-electron chi connectivity index (χ1n) is 9.75. The summed E-state index contributed by atoms with van der Waals surface area (Å²) in [4.78, 5) is 18.7. The van der Waals surface area contributed by atoms with Crippen molar-refractivity contribution in [1.82, 2.24) is 15.5 Å². The maximum absolute atomic E-state index is 12.2. The quantitative estimate of drug-likeness (QED) is 0.646. The SMILES string of the molecule is CN=C(NCC(=O)NC1CCCCC1)N1CC=C(c2ccccc2)CC1. The predicted molar refractivity (Wildman–Crippen MR) is 107 cm³/mol. The number of aliphatic imine (C=N–C) groups is 1. The minimum Gasteiger partial charge on any atom is -0.352 e. The van der Waals surface area contributed by atoms with Gasteiger partial charge in [-0.15, -0.1) is 0 Å². The van der Waals surface area contributed by atoms with Crippen molar-refractivity contribution < 1.29 is 4.79 Å². The zero-order valence-electron chi connectivity index (χ0n) is 15.7. The zero-order valence-corrected chi connectivity index (χ0v) is 15.7. The third kappa shape index (κ3) is 5.10. The first-order valence-corrected chi connectivity index (χ1v) is 9.75. The van der Waals surface area contributed by atoms with Gasteiger partial charge in [0.1, 0.15) is 0 Å². The molecule has 5 heteroatoms. The lowest BCUT2D eigenvalue weighted by Gasteiger charge is -2.30. The smallest absolute Gasteiger partial charge is 0.239 e. The Morgan fingerprint density at radius 3 is 2.62 bits per heavy atom. The highest BCUT2D eigenvalue weighted by molar-refractivity contribution is 5.87. The second-order valence-electron chi connectivity index (χ2n) is 7.09. The lowest BCUT2D eigenvalue weighted by Crippen LogP contribution is -2.48. The summed E-state index contributed by atoms with van der Waals surface area (Å²) >= 11 is 0. The minimum atomic E-state index is 0.0653. The van der Waals surface area contributed by atoms with Crippen LogP contribution in [0.25, 0.3) is 5.57 Å². The molecular weight excluding hydrogens is 324 g/mol. The van der Waals surface area contributed by atoms with Crippen molar-refractivity contribution in [2.75, 3.05) is 26.7 Å². The Kier molecular flexibility index (Phi) is 6.69. The van der Waals surface area contributed by atoms with Crippen molar-refractivity contribution in [3.63, 3.8) is 0 Å². The molecule has 5 nitrogen and oxygen atoms in total. The van der Waals surface area contributed by atoms with Gasteiger partial charge >= 0.3 is 0 Å². The van der Waals surface area contributed by atoms with Gasteiger partial charge in [0.25, 0.3) is 0 Å². The van der Waals surface area contributed by atoms with E-state index in [2.05, 4.69) is 50.9 Å². The summed E-state index contributed by atoms with van der Waals surface area (Å²) in [5.74, 6) is 0.864. The molecule has 26 heavy (non-hydrogen) atoms. The molecule has 0 bridgehead atoms. The Bertz CT molecular complexity index is 647. The van der Waals surface area contributed by atoms with Crippen molar-refractivity contribution >= 4 is 17.4 Å². The van der Waals surface area contributed by atoms with Crippen LogP contribution in [0.4, 0.5) is 0 Å². The fourth-order valence-electron chi connectivity index (χ4n) is 3.79. The van der Waals surface area contributed by atoms with Crippen LogP contribution in [0.5, 0.6) is 0 Å². The van der Waals surface area contributed by atoms with Gasteiger partial charge in [0.15, 0.2) is 5.96 Å². The van der Waals surface area contributed by atoms with Crippen LogP contribution >= 0.6 is 0 Å². The van der Waals surface area contributed by atoms with Crippen LogP contribution in [0.15, 0.2) is 41.4 Å². The van der Waals surface area contributed by atoms with E-state index in [1.54, 1.807) is 7.05 Å². The Balaban J connectivity index is 1.47. The lowest BCUT2D eigenvalue weighted by atomic mass is 9.95. The second-order valence-corrected chi connectivity index (χ2v) is 7.09. The summed E-state index contributed by atoms with van der Waals surface area (Å²) < 4.78 is 0. The third-order valence-corrected chi connectivity index (χ3v) is 5.24. The highest BCUT2D eigenvalue weighted by Crippen LogP contribution is 2.22. The van der Waals surface area contributed by atoms with Crippen molar-refractivity contribution in [3.8, 4) is 0 Å². The number of hydrogen-bond acceptors (Lipinski definition) is 2. The first kappa shape index (κ1) is 18.5. The van der Waals surface area contributed by atoms with E-state index in [0.29, 0.717) is 6.04 Å². The number of hydrogen-bond donors (Lipinski definition) is 2. The third-order valence-electron chi connectivity index (χ3n) is 5.24. The number of benzene rings is 1. The Morgan fingerprint density at radius 1 is 1.19 bits per heavy atom. The summed E-state index contributed by atoms with van der Waals surface area (Å²) in [5.41, 5.74) is 2.68. The molecule has 0 atom stereocenters. The van der Waals surface area contributed by atoms with Crippen LogP contribution < -0.4 is 10.6 Å². The van der Waals surface area contributed by atoms with Gasteiger partial charge < -0.3 is 15.5 Å². The monoisotopic (exact) mass is 354 g/mol. The number of nitrogens with one attached hydrogen (secondary N) is 2. The average molecular weight is 354 g/mol. The molecule has 0 radical (unpaired) electrons. The molecule has 140 valence electrons. The number of nitrogens with zero attached hydrogens (tertiary/aromatic N) is 2. The number of rotatable bonds is 4. The van der Waals surface area contributed by atoms with E-state index >= 15 is 0 Å². The van der Waals surface area contributed by atoms with E-state index < -0.39 is 0 Å². The van der Waals surface area contributed by atoms with Gasteiger partial charge in [-0.2, -0.15) is 0 Å². The summed E-state index contributed by atoms with van der Waals surface area (Å²) in [6.07, 6.45) is 9.21. The normalized spacial score (nSPS) is 19.0. The molecule has 0 aromatic heterocycles. The average Bonchev–Trinajstić information content (AvgIpc) is 2.70. The summed E-state index contributed by atoms with van der Waals surface area (Å²) in [6, 6.07) is 10.9. The maximum Gasteiger partial charge on any atom is 0.239 e. The molecule has 1 amide bonds. The summed E-state index contributed by atoms with van der Waals surface area (Å²) in [5, 5.41) is 6.36. The topological polar surface area (TPSA) is 56.7 Å². The van der Waals surface area contributed by atoms with Crippen molar-refractivity contribution in [1.29, 1.82) is 0 Å². The number of amides is 1. The van der Waals surface area contributed by atoms with Gasteiger partial charge in [-0.05, 0) is 30.4 Å². The second kappa shape index (κ2) is 9.41. The van der Waals surface area contributed by atoms with Crippen molar-refractivity contribution in [3.05, 3.63) is 42.0 Å². The van der Waals surface area contributed by atoms with Crippen molar-refractivity contribution in [2.24, 2.45) is 4.99 Å². The number of carbonyl (C=O) groups is 1. The van der Waals surface area contributed by atoms with Crippen LogP contribution in [0.1, 0.15) is 44.1 Å². The van der Waals surface area contributed by atoms with Crippen LogP contribution in [0, 0.1) is 0 Å². The van der Waals surface area contributed by atoms with Crippen molar-refractivity contribution in [2.45, 2.75) is 44.6 Å². The molecule has 2 aliphatic rings. The molecule has 0 spiro atoms. The molecule has 1 aliphatic carbocycles. The van der Waals surface area contributed by atoms with E-state index in [0.717, 1.165) is 38.3 Å². The molecule has 2 N–H and O–H groups in total. The van der Waals surface area contributed by atoms with E-state index in [1.807, 2.05) is 6.07 Å². The fraction of sp³-hybridized carbons (Fsp3) is 0.524. The van der Waals surface area contributed by atoms with Gasteiger partial charge in [-0.1, -0.05) is 55.7 Å². The van der Waals surface area contributed by atoms with Gasteiger partial charge in [0.2, 0.25) is 5.91 Å². The van der Waals surface area contributed by atoms with Crippen LogP contribution in [-0.2, 0) is 4.79 Å². The standard InChI is InChI=1S/C21H30N4O/c1-22-21(23-16-20(26)24-19-10-6-3-7-11-19)25-14-12-18(13-15-25)17-8-4-2-5-9-17/h2,4-5,8-9,12,19H,3,6-7,10-11,13-16H2,1H3,(H,22,23)(H,24,26). The molecular formula is C21H30N4O. The van der Waals surface area contributed by atoms with E-state index in [4.69, 9.17) is 0 Å². The highest BCUT2D eigenvalue weighted by atomic mass is 16.2. The van der Waals surface area contributed by atoms with E-state index in [9.17, 15) is 4.79 Å². The molecule has 3 rings (SSSR count). The predicted octanol–water partition coefficient (Wildman–Crippen LogP) is 2.80. The van der Waals surface area contributed by atoms with Crippen LogP contribution in [0.2, 0.25) is 0 Å². The molecule has 1 aromatic rings. The molecule has 1 aromatic carbocycles. The zero-order chi connectivity index (χ0) is 18.2. The van der Waals surface area contributed by atoms with Crippen LogP contribution in [-0.4, -0.2) is 49.5 Å². The van der Waals surface area contributed by atoms with Gasteiger partial charge in [-0.3, -0.25) is 9.79 Å². The van der Waals surface area contributed by atoms with E-state index in [1.165, 1.54) is 30.4 Å². The molecule has 1 aliphatic heterocycles. The Hall–Kier alpha value is -2.30. The molecule has 0 saturated heterocycles. The molecule has 1 saturated carbocycles. The summed E-state index contributed by atoms with van der Waals surface area (Å²) in [7, 11) is 1.78. The Labute approximate surface area is 156 Å². The first-order chi connectivity index (χ1) is 12.8. The number of carbonyl (C=O) groups excluding carboxylic acids is 1. The molecule has 1 heterocycles. The number of guanidine groups is 1. The minimum absolute atomic E-state index is 0.0653. The molecule has 1 fully saturated rings. The fourth-order valence-corrected chi connectivity index (χ4v) is 3.79. The van der Waals surface area contributed by atoms with Gasteiger partial charge in [0, 0.05) is 26.2 Å². The van der Waals surface area contributed by atoms with E-state index in [-0.39, 0.29) is 12.5 Å². The highest BCUT2D eigenvalue weighted by Gasteiger charge is 2.18. The van der Waals surface area contributed by atoms with Gasteiger partial charge in [-0.25, -0.2) is 0 Å². The molecule has 0 unspecified atom stereocenters. The van der Waals surface area contributed by atoms with Crippen LogP contribution in [0.3, 0.4) is 0 Å². The summed E-state index contributed by atoms with van der Waals surface area (Å²) in [6.45, 7) is 2.01. The maximum atomic E-state index is 12.2. The van der Waals surface area contributed by atoms with Gasteiger partial charge in [0.05, 0.1) is 6.54 Å².